The van der Waals surface area contributed by atoms with Crippen molar-refractivity contribution in [3.63, 3.8) is 0 Å². The van der Waals surface area contributed by atoms with Gasteiger partial charge in [-0.15, -0.1) is 0 Å². The van der Waals surface area contributed by atoms with Crippen molar-refractivity contribution in [1.82, 2.24) is 0 Å². The van der Waals surface area contributed by atoms with Gasteiger partial charge in [0.25, 0.3) is 5.69 Å². The van der Waals surface area contributed by atoms with Gasteiger partial charge in [-0.2, -0.15) is 18.4 Å². The molecular formula is C22H13F3N2O3. The molecule has 3 rings (SSSR count). The van der Waals surface area contributed by atoms with Gasteiger partial charge in [-0.05, 0) is 65.7 Å². The molecule has 0 unspecified atom stereocenters. The van der Waals surface area contributed by atoms with Crippen molar-refractivity contribution in [2.75, 3.05) is 0 Å². The van der Waals surface area contributed by atoms with Crippen LogP contribution in [0.4, 0.5) is 18.9 Å². The van der Waals surface area contributed by atoms with Gasteiger partial charge in [-0.3, -0.25) is 10.1 Å². The van der Waals surface area contributed by atoms with Gasteiger partial charge in [0.05, 0.1) is 22.1 Å². The second-order valence-corrected chi connectivity index (χ2v) is 6.17. The van der Waals surface area contributed by atoms with Crippen molar-refractivity contribution in [2.24, 2.45) is 0 Å². The molecule has 0 heterocycles. The number of hydrogen-bond donors (Lipinski definition) is 0. The van der Waals surface area contributed by atoms with Gasteiger partial charge in [-0.1, -0.05) is 12.1 Å². The number of nitro benzene ring substituents is 1. The lowest BCUT2D eigenvalue weighted by molar-refractivity contribution is -0.384. The second kappa shape index (κ2) is 8.49. The fraction of sp³-hybridized carbons (Fsp3) is 0.0455. The number of nitriles is 1. The number of benzene rings is 3. The Morgan fingerprint density at radius 1 is 0.933 bits per heavy atom. The fourth-order valence-electron chi connectivity index (χ4n) is 2.59. The van der Waals surface area contributed by atoms with E-state index in [0.717, 1.165) is 12.1 Å². The van der Waals surface area contributed by atoms with Crippen LogP contribution in [0.2, 0.25) is 0 Å². The first-order chi connectivity index (χ1) is 14.3. The van der Waals surface area contributed by atoms with E-state index in [2.05, 4.69) is 0 Å². The van der Waals surface area contributed by atoms with Crippen molar-refractivity contribution in [1.29, 1.82) is 5.26 Å². The van der Waals surface area contributed by atoms with Gasteiger partial charge in [-0.25, -0.2) is 0 Å². The highest BCUT2D eigenvalue weighted by atomic mass is 19.4. The van der Waals surface area contributed by atoms with Gasteiger partial charge >= 0.3 is 6.18 Å². The minimum atomic E-state index is -4.42. The van der Waals surface area contributed by atoms with Crippen molar-refractivity contribution in [3.8, 4) is 17.6 Å². The Labute approximate surface area is 169 Å². The predicted octanol–water partition coefficient (Wildman–Crippen LogP) is 6.47. The molecule has 0 fully saturated rings. The van der Waals surface area contributed by atoms with Crippen LogP contribution in [0.5, 0.6) is 11.5 Å². The Bertz CT molecular complexity index is 1110. The lowest BCUT2D eigenvalue weighted by Crippen LogP contribution is -2.03. The SMILES string of the molecule is N#C/C(=C\c1ccc(C(F)(F)F)cc1)c1ccc(Oc2ccc([N+](=O)[O-])cc2)cc1. The minimum absolute atomic E-state index is 0.0511. The zero-order valence-electron chi connectivity index (χ0n) is 15.3. The van der Waals surface area contributed by atoms with Crippen molar-refractivity contribution >= 4 is 17.3 Å². The van der Waals surface area contributed by atoms with Crippen LogP contribution in [-0.4, -0.2) is 4.92 Å². The number of nitro groups is 1. The fourth-order valence-corrected chi connectivity index (χ4v) is 2.59. The van der Waals surface area contributed by atoms with E-state index in [1.165, 1.54) is 42.5 Å². The first-order valence-electron chi connectivity index (χ1n) is 8.58. The second-order valence-electron chi connectivity index (χ2n) is 6.17. The van der Waals surface area contributed by atoms with Crippen LogP contribution in [0, 0.1) is 21.4 Å². The first kappa shape index (κ1) is 20.6. The summed E-state index contributed by atoms with van der Waals surface area (Å²) in [7, 11) is 0. The molecule has 0 radical (unpaired) electrons. The molecule has 0 atom stereocenters. The quantitative estimate of drug-likeness (QED) is 0.209. The van der Waals surface area contributed by atoms with Crippen LogP contribution >= 0.6 is 0 Å². The molecule has 0 aliphatic rings. The van der Waals surface area contributed by atoms with E-state index in [9.17, 15) is 28.5 Å². The van der Waals surface area contributed by atoms with E-state index < -0.39 is 16.7 Å². The van der Waals surface area contributed by atoms with Gasteiger partial charge in [0.2, 0.25) is 0 Å². The Balaban J connectivity index is 1.75. The third kappa shape index (κ3) is 5.02. The zero-order valence-corrected chi connectivity index (χ0v) is 15.3. The standard InChI is InChI=1S/C22H13F3N2O3/c23-22(24,25)18-5-1-15(2-6-18)13-17(14-26)16-3-9-20(10-4-16)30-21-11-7-19(8-12-21)27(28)29/h1-13H/b17-13+. The average molecular weight is 410 g/mol. The van der Waals surface area contributed by atoms with E-state index in [0.29, 0.717) is 22.6 Å². The van der Waals surface area contributed by atoms with Crippen LogP contribution in [0.25, 0.3) is 11.6 Å². The summed E-state index contributed by atoms with van der Waals surface area (Å²) in [5.41, 5.74) is 0.492. The maximum Gasteiger partial charge on any atom is 0.416 e. The normalized spacial score (nSPS) is 11.6. The van der Waals surface area contributed by atoms with Crippen LogP contribution in [0.3, 0.4) is 0 Å². The monoisotopic (exact) mass is 410 g/mol. The number of alkyl halides is 3. The van der Waals surface area contributed by atoms with E-state index in [1.54, 1.807) is 24.3 Å². The largest absolute Gasteiger partial charge is 0.457 e. The summed E-state index contributed by atoms with van der Waals surface area (Å²) in [6, 6.07) is 18.7. The topological polar surface area (TPSA) is 76.2 Å². The molecule has 0 amide bonds. The molecule has 5 nitrogen and oxygen atoms in total. The molecule has 0 aromatic heterocycles. The molecule has 0 spiro atoms. The summed E-state index contributed by atoms with van der Waals surface area (Å²) in [5, 5.41) is 20.1. The smallest absolute Gasteiger partial charge is 0.416 e. The van der Waals surface area contributed by atoms with Gasteiger partial charge in [0.1, 0.15) is 11.5 Å². The minimum Gasteiger partial charge on any atom is -0.457 e. The third-order valence-corrected chi connectivity index (χ3v) is 4.12. The van der Waals surface area contributed by atoms with Gasteiger partial charge in [0.15, 0.2) is 0 Å². The lowest BCUT2D eigenvalue weighted by Gasteiger charge is -2.07. The first-order valence-corrected chi connectivity index (χ1v) is 8.58. The molecule has 0 saturated heterocycles. The summed E-state index contributed by atoms with van der Waals surface area (Å²) in [6.07, 6.45) is -2.92. The molecular weight excluding hydrogens is 397 g/mol. The molecule has 8 heteroatoms. The van der Waals surface area contributed by atoms with Crippen LogP contribution in [0.1, 0.15) is 16.7 Å². The number of non-ortho nitro benzene ring substituents is 1. The van der Waals surface area contributed by atoms with Crippen LogP contribution in [0.15, 0.2) is 72.8 Å². The molecule has 0 N–H and O–H groups in total. The van der Waals surface area contributed by atoms with Gasteiger partial charge < -0.3 is 4.74 Å². The molecule has 0 aliphatic carbocycles. The number of halogens is 3. The van der Waals surface area contributed by atoms with E-state index in [-0.39, 0.29) is 11.3 Å². The maximum atomic E-state index is 12.7. The number of allylic oxidation sites excluding steroid dienone is 1. The van der Waals surface area contributed by atoms with Crippen molar-refractivity contribution in [3.05, 3.63) is 99.6 Å². The molecule has 3 aromatic carbocycles. The Hall–Kier alpha value is -4.12. The third-order valence-electron chi connectivity index (χ3n) is 4.12. The average Bonchev–Trinajstić information content (AvgIpc) is 2.73. The van der Waals surface area contributed by atoms with Crippen LogP contribution < -0.4 is 4.74 Å². The van der Waals surface area contributed by atoms with E-state index in [1.807, 2.05) is 6.07 Å². The molecule has 0 aliphatic heterocycles. The number of ether oxygens (including phenoxy) is 1. The Morgan fingerprint density at radius 3 is 1.93 bits per heavy atom. The molecule has 3 aromatic rings. The highest BCUT2D eigenvalue weighted by Crippen LogP contribution is 2.30. The molecule has 30 heavy (non-hydrogen) atoms. The summed E-state index contributed by atoms with van der Waals surface area (Å²) in [4.78, 5) is 10.2. The number of hydrogen-bond acceptors (Lipinski definition) is 4. The summed E-state index contributed by atoms with van der Waals surface area (Å²) >= 11 is 0. The molecule has 0 bridgehead atoms. The highest BCUT2D eigenvalue weighted by Gasteiger charge is 2.29. The Kier molecular flexibility index (Phi) is 5.83. The predicted molar refractivity (Wildman–Crippen MR) is 105 cm³/mol. The summed E-state index contributed by atoms with van der Waals surface area (Å²) in [5.74, 6) is 0.869. The van der Waals surface area contributed by atoms with Crippen molar-refractivity contribution < 1.29 is 22.8 Å². The maximum absolute atomic E-state index is 12.7. The summed E-state index contributed by atoms with van der Waals surface area (Å²) < 4.78 is 43.6. The molecule has 0 saturated carbocycles. The zero-order chi connectivity index (χ0) is 21.7. The highest BCUT2D eigenvalue weighted by molar-refractivity contribution is 5.89. The van der Waals surface area contributed by atoms with Gasteiger partial charge in [0, 0.05) is 12.1 Å². The van der Waals surface area contributed by atoms with Crippen molar-refractivity contribution in [2.45, 2.75) is 6.18 Å². The molecule has 150 valence electrons. The number of nitrogens with zero attached hydrogens (tertiary/aromatic N) is 2. The van der Waals surface area contributed by atoms with E-state index in [4.69, 9.17) is 4.74 Å². The summed E-state index contributed by atoms with van der Waals surface area (Å²) in [6.45, 7) is 0. The number of rotatable bonds is 5. The van der Waals surface area contributed by atoms with Crippen LogP contribution in [-0.2, 0) is 6.18 Å². The van der Waals surface area contributed by atoms with E-state index >= 15 is 0 Å². The lowest BCUT2D eigenvalue weighted by atomic mass is 10.0. The Morgan fingerprint density at radius 2 is 1.47 bits per heavy atom.